The highest BCUT2D eigenvalue weighted by Crippen LogP contribution is 2.31. The molecule has 174 valence electrons. The zero-order valence-corrected chi connectivity index (χ0v) is 18.1. The number of carbonyl (C=O) groups is 3. The summed E-state index contributed by atoms with van der Waals surface area (Å²) in [5.41, 5.74) is 3.76. The molecule has 3 aromatic rings. The number of piperidine rings is 1. The van der Waals surface area contributed by atoms with Crippen LogP contribution in [-0.4, -0.2) is 47.6 Å². The molecule has 0 radical (unpaired) electrons. The van der Waals surface area contributed by atoms with Gasteiger partial charge in [-0.1, -0.05) is 0 Å². The van der Waals surface area contributed by atoms with Crippen molar-refractivity contribution in [2.75, 3.05) is 29.9 Å². The maximum atomic E-state index is 14.1. The van der Waals surface area contributed by atoms with Crippen molar-refractivity contribution in [1.29, 1.82) is 0 Å². The van der Waals surface area contributed by atoms with Crippen LogP contribution in [0, 0.1) is 0 Å². The van der Waals surface area contributed by atoms with E-state index in [1.165, 1.54) is 19.2 Å². The van der Waals surface area contributed by atoms with Crippen molar-refractivity contribution in [2.24, 2.45) is 5.73 Å². The third kappa shape index (κ3) is 3.68. The molecule has 3 heterocycles. The van der Waals surface area contributed by atoms with Gasteiger partial charge in [0.05, 0.1) is 21.0 Å². The minimum absolute atomic E-state index is 0.0612. The molecule has 9 heteroatoms. The average Bonchev–Trinajstić information content (AvgIpc) is 3.29. The van der Waals surface area contributed by atoms with Gasteiger partial charge < -0.3 is 20.3 Å². The quantitative estimate of drug-likeness (QED) is 0.620. The Balaban J connectivity index is 1.72. The monoisotopic (exact) mass is 467 g/mol. The first-order valence-electron chi connectivity index (χ1n) is 14.5. The fraction of sp³-hybridized carbons (Fsp3) is 0.280. The number of carbonyl (C=O) groups excluding carboxylic acids is 3. The van der Waals surface area contributed by atoms with Crippen LogP contribution < -0.4 is 20.3 Å². The average molecular weight is 468 g/mol. The minimum atomic E-state index is -2.68. The number of nitrogens with zero attached hydrogens (tertiary/aromatic N) is 4. The number of ether oxygens (including phenoxy) is 1. The molecule has 5 rings (SSSR count). The highest BCUT2D eigenvalue weighted by molar-refractivity contribution is 6.09. The number of amides is 3. The predicted octanol–water partition coefficient (Wildman–Crippen LogP) is 2.70. The number of rotatable bonds is 5. The summed E-state index contributed by atoms with van der Waals surface area (Å²) < 4.78 is 74.8. The molecular formula is C25H25N5O4. The van der Waals surface area contributed by atoms with Gasteiger partial charge in [-0.05, 0) is 67.7 Å². The third-order valence-corrected chi connectivity index (χ3v) is 5.49. The van der Waals surface area contributed by atoms with Crippen LogP contribution >= 0.6 is 0 Å². The van der Waals surface area contributed by atoms with E-state index in [2.05, 4.69) is 5.10 Å². The molecule has 0 atom stereocenters. The summed E-state index contributed by atoms with van der Waals surface area (Å²) in [6.45, 7) is -4.97. The van der Waals surface area contributed by atoms with E-state index in [0.29, 0.717) is 15.5 Å². The Labute approximate surface area is 207 Å². The number of hydrogen-bond donors (Lipinski definition) is 1. The summed E-state index contributed by atoms with van der Waals surface area (Å²) in [6, 6.07) is 2.86. The number of methoxy groups -OCH3 is 1. The smallest absolute Gasteiger partial charge is 0.277 e. The predicted molar refractivity (Wildman–Crippen MR) is 127 cm³/mol. The number of aromatic nitrogens is 2. The topological polar surface area (TPSA) is 111 Å². The number of anilines is 2. The Morgan fingerprint density at radius 2 is 1.68 bits per heavy atom. The van der Waals surface area contributed by atoms with Crippen LogP contribution in [0.1, 0.15) is 56.8 Å². The number of primary amides is 1. The van der Waals surface area contributed by atoms with Gasteiger partial charge in [-0.2, -0.15) is 5.10 Å². The lowest BCUT2D eigenvalue weighted by Crippen LogP contribution is -2.39. The van der Waals surface area contributed by atoms with Crippen molar-refractivity contribution in [1.82, 2.24) is 9.78 Å². The molecule has 0 aliphatic carbocycles. The van der Waals surface area contributed by atoms with Gasteiger partial charge in [-0.15, -0.1) is 0 Å². The van der Waals surface area contributed by atoms with Gasteiger partial charge in [-0.25, -0.2) is 4.68 Å². The zero-order chi connectivity index (χ0) is 30.9. The molecular weight excluding hydrogens is 434 g/mol. The van der Waals surface area contributed by atoms with Crippen LogP contribution in [0.4, 0.5) is 11.4 Å². The third-order valence-electron chi connectivity index (χ3n) is 5.49. The highest BCUT2D eigenvalue weighted by Gasteiger charge is 2.34. The molecule has 0 spiro atoms. The molecule has 1 aromatic heterocycles. The Morgan fingerprint density at radius 1 is 1.00 bits per heavy atom. The molecule has 0 bridgehead atoms. The fourth-order valence-corrected chi connectivity index (χ4v) is 3.82. The SMILES string of the molecule is [2H]c1c([2H])c(N2C(=O)c3c(c(C(N)=O)nn3-c3ccc(OC)cc3)CC2([2H])[2H])c([2H])c([2H])c1N1C(=O)CCCC1([2H])[2H]. The van der Waals surface area contributed by atoms with E-state index in [9.17, 15) is 14.4 Å². The van der Waals surface area contributed by atoms with Crippen molar-refractivity contribution in [3.05, 3.63) is 65.4 Å². The number of fused-ring (bicyclic) bond motifs is 1. The fourth-order valence-electron chi connectivity index (χ4n) is 3.82. The molecule has 0 unspecified atom stereocenters. The van der Waals surface area contributed by atoms with Crippen LogP contribution in [0.5, 0.6) is 5.75 Å². The van der Waals surface area contributed by atoms with E-state index in [1.807, 2.05) is 0 Å². The number of nitrogens with two attached hydrogens (primary N) is 1. The summed E-state index contributed by atoms with van der Waals surface area (Å²) in [5, 5.41) is 4.17. The van der Waals surface area contributed by atoms with Crippen LogP contribution in [0.15, 0.2) is 48.4 Å². The van der Waals surface area contributed by atoms with Gasteiger partial charge >= 0.3 is 0 Å². The van der Waals surface area contributed by atoms with Crippen molar-refractivity contribution in [3.63, 3.8) is 0 Å². The molecule has 9 nitrogen and oxygen atoms in total. The van der Waals surface area contributed by atoms with E-state index in [1.54, 1.807) is 12.1 Å². The lowest BCUT2D eigenvalue weighted by Gasteiger charge is -2.29. The van der Waals surface area contributed by atoms with Crippen LogP contribution in [-0.2, 0) is 11.2 Å². The highest BCUT2D eigenvalue weighted by atomic mass is 16.5. The van der Waals surface area contributed by atoms with Gasteiger partial charge in [0, 0.05) is 39.1 Å². The molecule has 2 aromatic carbocycles. The first-order chi connectivity index (χ1) is 19.6. The Kier molecular flexibility index (Phi) is 3.62. The lowest BCUT2D eigenvalue weighted by atomic mass is 10.0. The van der Waals surface area contributed by atoms with Crippen LogP contribution in [0.25, 0.3) is 5.69 Å². The standard InChI is InChI=1S/C25H25N5O4/c1-34-19-11-9-18(10-12-19)30-23-20(22(27-30)24(26)32)13-15-29(25(23)33)17-7-5-16(6-8-17)28-14-3-2-4-21(28)31/h5-12H,2-4,13-15H2,1H3,(H2,26,32)/i5D,6D,7D,8D,14D2,15D2. The molecule has 2 aliphatic heterocycles. The van der Waals surface area contributed by atoms with Gasteiger partial charge in [0.1, 0.15) is 11.4 Å². The van der Waals surface area contributed by atoms with Crippen molar-refractivity contribution in [3.8, 4) is 11.4 Å². The summed E-state index contributed by atoms with van der Waals surface area (Å²) in [5.74, 6) is -2.37. The molecule has 1 fully saturated rings. The first-order valence-corrected chi connectivity index (χ1v) is 10.5. The molecule has 34 heavy (non-hydrogen) atoms. The second-order valence-electron chi connectivity index (χ2n) is 7.56. The van der Waals surface area contributed by atoms with Crippen molar-refractivity contribution >= 4 is 29.1 Å². The van der Waals surface area contributed by atoms with E-state index in [0.717, 1.165) is 4.68 Å². The molecule has 2 aliphatic rings. The zero-order valence-electron chi connectivity index (χ0n) is 26.1. The largest absolute Gasteiger partial charge is 0.497 e. The van der Waals surface area contributed by atoms with Gasteiger partial charge in [-0.3, -0.25) is 14.4 Å². The van der Waals surface area contributed by atoms with E-state index >= 15 is 0 Å². The Bertz CT molecular complexity index is 1630. The lowest BCUT2D eigenvalue weighted by molar-refractivity contribution is -0.119. The Hall–Kier alpha value is -4.14. The number of benzene rings is 2. The minimum Gasteiger partial charge on any atom is -0.497 e. The maximum Gasteiger partial charge on any atom is 0.277 e. The summed E-state index contributed by atoms with van der Waals surface area (Å²) >= 11 is 0. The van der Waals surface area contributed by atoms with E-state index in [4.69, 9.17) is 21.4 Å². The van der Waals surface area contributed by atoms with Crippen LogP contribution in [0.2, 0.25) is 0 Å². The van der Waals surface area contributed by atoms with Crippen molar-refractivity contribution in [2.45, 2.75) is 25.7 Å². The van der Waals surface area contributed by atoms with E-state index < -0.39 is 72.7 Å². The van der Waals surface area contributed by atoms with Gasteiger partial charge in [0.25, 0.3) is 11.8 Å². The van der Waals surface area contributed by atoms with E-state index in [-0.39, 0.29) is 41.9 Å². The second kappa shape index (κ2) is 8.66. The van der Waals surface area contributed by atoms with Gasteiger partial charge in [0.2, 0.25) is 5.91 Å². The maximum absolute atomic E-state index is 14.1. The van der Waals surface area contributed by atoms with Crippen molar-refractivity contribution < 1.29 is 30.1 Å². The second-order valence-corrected chi connectivity index (χ2v) is 7.56. The summed E-state index contributed by atoms with van der Waals surface area (Å²) in [7, 11) is 1.46. The van der Waals surface area contributed by atoms with Gasteiger partial charge in [0.15, 0.2) is 5.69 Å². The molecule has 1 saturated heterocycles. The summed E-state index contributed by atoms with van der Waals surface area (Å²) in [4.78, 5) is 40.1. The van der Waals surface area contributed by atoms with Crippen LogP contribution in [0.3, 0.4) is 0 Å². The Morgan fingerprint density at radius 3 is 2.29 bits per heavy atom. The first kappa shape index (κ1) is 14.2. The molecule has 2 N–H and O–H groups in total. The molecule has 3 amide bonds. The molecule has 0 saturated carbocycles. The summed E-state index contributed by atoms with van der Waals surface area (Å²) in [6.07, 6.45) is -0.540. The number of hydrogen-bond acceptors (Lipinski definition) is 5. The normalized spacial score (nSPS) is 22.3.